The Morgan fingerprint density at radius 3 is 2.41 bits per heavy atom. The predicted octanol–water partition coefficient (Wildman–Crippen LogP) is 3.63. The first-order valence-electron chi connectivity index (χ1n) is 11.0. The molecule has 170 valence electrons. The number of amides is 1. The summed E-state index contributed by atoms with van der Waals surface area (Å²) in [6.45, 7) is 10.7. The van der Waals surface area contributed by atoms with Crippen LogP contribution in [0.2, 0.25) is 0 Å². The van der Waals surface area contributed by atoms with E-state index in [-0.39, 0.29) is 17.4 Å². The Morgan fingerprint density at radius 2 is 1.84 bits per heavy atom. The number of ether oxygens (including phenoxy) is 1. The third kappa shape index (κ3) is 4.99. The number of likely N-dealkylation sites (tertiary alicyclic amines) is 1. The molecule has 32 heavy (non-hydrogen) atoms. The molecule has 2 aromatic rings. The van der Waals surface area contributed by atoms with Gasteiger partial charge < -0.3 is 19.6 Å². The van der Waals surface area contributed by atoms with Crippen LogP contribution in [0.3, 0.4) is 0 Å². The molecule has 0 saturated carbocycles. The molecule has 1 saturated heterocycles. The number of pyridine rings is 1. The van der Waals surface area contributed by atoms with Crippen molar-refractivity contribution in [2.24, 2.45) is 0 Å². The first-order chi connectivity index (χ1) is 15.4. The van der Waals surface area contributed by atoms with Gasteiger partial charge in [0.1, 0.15) is 11.5 Å². The quantitative estimate of drug-likeness (QED) is 0.366. The number of likely N-dealkylation sites (N-methyl/N-ethyl adjacent to an activating group) is 1. The molecular weight excluding hydrogens is 406 g/mol. The Labute approximate surface area is 189 Å². The van der Waals surface area contributed by atoms with Crippen LogP contribution >= 0.6 is 0 Å². The second kappa shape index (κ2) is 10.4. The summed E-state index contributed by atoms with van der Waals surface area (Å²) < 4.78 is 5.66. The van der Waals surface area contributed by atoms with E-state index in [0.717, 1.165) is 13.1 Å². The van der Waals surface area contributed by atoms with Gasteiger partial charge in [0, 0.05) is 31.0 Å². The lowest BCUT2D eigenvalue weighted by Crippen LogP contribution is -2.38. The van der Waals surface area contributed by atoms with E-state index >= 15 is 0 Å². The van der Waals surface area contributed by atoms with Crippen LogP contribution in [0.15, 0.2) is 54.4 Å². The van der Waals surface area contributed by atoms with Gasteiger partial charge in [0.25, 0.3) is 11.7 Å². The Kier molecular flexibility index (Phi) is 7.64. The number of ketones is 1. The molecule has 0 spiro atoms. The molecular formula is C25H31N3O4. The minimum absolute atomic E-state index is 0.0242. The van der Waals surface area contributed by atoms with E-state index in [9.17, 15) is 14.7 Å². The number of carbonyl (C=O) groups is 2. The Morgan fingerprint density at radius 1 is 1.16 bits per heavy atom. The third-order valence-corrected chi connectivity index (χ3v) is 5.59. The highest BCUT2D eigenvalue weighted by molar-refractivity contribution is 6.46. The highest BCUT2D eigenvalue weighted by Gasteiger charge is 2.46. The predicted molar refractivity (Wildman–Crippen MR) is 123 cm³/mol. The lowest BCUT2D eigenvalue weighted by molar-refractivity contribution is -0.140. The van der Waals surface area contributed by atoms with Crippen LogP contribution in [0.1, 0.15) is 44.9 Å². The van der Waals surface area contributed by atoms with Gasteiger partial charge in [-0.25, -0.2) is 0 Å². The number of hydrogen-bond donors (Lipinski definition) is 1. The van der Waals surface area contributed by atoms with E-state index in [1.807, 2.05) is 19.9 Å². The lowest BCUT2D eigenvalue weighted by Gasteiger charge is -2.28. The second-order valence-corrected chi connectivity index (χ2v) is 8.00. The lowest BCUT2D eigenvalue weighted by atomic mass is 9.96. The molecule has 0 radical (unpaired) electrons. The van der Waals surface area contributed by atoms with Gasteiger partial charge in [-0.15, -0.1) is 0 Å². The summed E-state index contributed by atoms with van der Waals surface area (Å²) in [5.41, 5.74) is 1.23. The number of nitrogens with zero attached hydrogens (tertiary/aromatic N) is 3. The zero-order valence-electron chi connectivity index (χ0n) is 19.1. The Balaban J connectivity index is 2.02. The average molecular weight is 438 g/mol. The largest absolute Gasteiger partial charge is 0.507 e. The number of hydrogen-bond acceptors (Lipinski definition) is 6. The maximum absolute atomic E-state index is 13.0. The Bertz CT molecular complexity index is 966. The summed E-state index contributed by atoms with van der Waals surface area (Å²) in [7, 11) is 0. The number of aromatic nitrogens is 1. The number of Topliss-reactive ketones (excluding diaryl/α,β-unsaturated/α-hetero) is 1. The molecule has 2 heterocycles. The number of aliphatic hydroxyl groups is 1. The zero-order chi connectivity index (χ0) is 23.3. The van der Waals surface area contributed by atoms with E-state index in [1.54, 1.807) is 47.6 Å². The fourth-order valence-electron chi connectivity index (χ4n) is 3.90. The SMILES string of the molecule is CCN(CC)CCN1C(=O)C(=O)/C(=C(/O)c2ccc(OC(C)C)cc2)[C@H]1c1cccnc1. The van der Waals surface area contributed by atoms with Gasteiger partial charge >= 0.3 is 0 Å². The molecule has 7 heteroatoms. The molecule has 1 aromatic heterocycles. The third-order valence-electron chi connectivity index (χ3n) is 5.59. The van der Waals surface area contributed by atoms with Gasteiger partial charge in [0.05, 0.1) is 17.7 Å². The smallest absolute Gasteiger partial charge is 0.295 e. The van der Waals surface area contributed by atoms with Crippen molar-refractivity contribution in [3.63, 3.8) is 0 Å². The Hall–Kier alpha value is -3.19. The van der Waals surface area contributed by atoms with Crippen LogP contribution in [-0.4, -0.2) is 63.9 Å². The topological polar surface area (TPSA) is 83.0 Å². The fourth-order valence-corrected chi connectivity index (χ4v) is 3.90. The summed E-state index contributed by atoms with van der Waals surface area (Å²) in [5, 5.41) is 11.1. The van der Waals surface area contributed by atoms with Crippen LogP contribution in [0, 0.1) is 0 Å². The molecule has 1 aliphatic heterocycles. The van der Waals surface area contributed by atoms with Gasteiger partial charge in [-0.1, -0.05) is 19.9 Å². The zero-order valence-corrected chi connectivity index (χ0v) is 19.1. The molecule has 0 aliphatic carbocycles. The van der Waals surface area contributed by atoms with Crippen molar-refractivity contribution in [3.05, 3.63) is 65.5 Å². The highest BCUT2D eigenvalue weighted by atomic mass is 16.5. The van der Waals surface area contributed by atoms with Gasteiger partial charge in [0.15, 0.2) is 0 Å². The van der Waals surface area contributed by atoms with Crippen molar-refractivity contribution < 1.29 is 19.4 Å². The van der Waals surface area contributed by atoms with Gasteiger partial charge in [-0.05, 0) is 62.8 Å². The summed E-state index contributed by atoms with van der Waals surface area (Å²) >= 11 is 0. The van der Waals surface area contributed by atoms with E-state index in [1.165, 1.54) is 0 Å². The van der Waals surface area contributed by atoms with Crippen molar-refractivity contribution in [1.29, 1.82) is 0 Å². The van der Waals surface area contributed by atoms with Gasteiger partial charge in [-0.3, -0.25) is 14.6 Å². The average Bonchev–Trinajstić information content (AvgIpc) is 3.05. The first-order valence-corrected chi connectivity index (χ1v) is 11.0. The van der Waals surface area contributed by atoms with E-state index < -0.39 is 17.7 Å². The van der Waals surface area contributed by atoms with Gasteiger partial charge in [-0.2, -0.15) is 0 Å². The normalized spacial score (nSPS) is 18.1. The standard InChI is InChI=1S/C25H31N3O4/c1-5-27(6-2)14-15-28-22(19-8-7-13-26-16-19)21(24(30)25(28)31)23(29)18-9-11-20(12-10-18)32-17(3)4/h7-13,16-17,22,29H,5-6,14-15H2,1-4H3/b23-21+/t22-/m1/s1. The first kappa shape index (κ1) is 23.5. The monoisotopic (exact) mass is 437 g/mol. The molecule has 1 aliphatic rings. The molecule has 0 unspecified atom stereocenters. The van der Waals surface area contributed by atoms with Crippen molar-refractivity contribution in [1.82, 2.24) is 14.8 Å². The van der Waals surface area contributed by atoms with E-state index in [0.29, 0.717) is 30.0 Å². The molecule has 1 aromatic carbocycles. The van der Waals surface area contributed by atoms with E-state index in [2.05, 4.69) is 23.7 Å². The molecule has 1 amide bonds. The fraction of sp³-hybridized carbons (Fsp3) is 0.400. The van der Waals surface area contributed by atoms with Crippen LogP contribution in [0.5, 0.6) is 5.75 Å². The van der Waals surface area contributed by atoms with Crippen LogP contribution in [0.25, 0.3) is 5.76 Å². The number of rotatable bonds is 9. The maximum atomic E-state index is 13.0. The molecule has 0 bridgehead atoms. The number of carbonyl (C=O) groups excluding carboxylic acids is 2. The molecule has 1 fully saturated rings. The highest BCUT2D eigenvalue weighted by Crippen LogP contribution is 2.39. The van der Waals surface area contributed by atoms with Crippen LogP contribution in [0.4, 0.5) is 0 Å². The maximum Gasteiger partial charge on any atom is 0.295 e. The second-order valence-electron chi connectivity index (χ2n) is 8.00. The van der Waals surface area contributed by atoms with Crippen LogP contribution < -0.4 is 4.74 Å². The summed E-state index contributed by atoms with van der Waals surface area (Å²) in [6.07, 6.45) is 3.29. The summed E-state index contributed by atoms with van der Waals surface area (Å²) in [5.74, 6) is -0.815. The molecule has 1 N–H and O–H groups in total. The number of benzene rings is 1. The van der Waals surface area contributed by atoms with Gasteiger partial charge in [0.2, 0.25) is 0 Å². The van der Waals surface area contributed by atoms with Crippen LogP contribution in [-0.2, 0) is 9.59 Å². The minimum atomic E-state index is -0.689. The summed E-state index contributed by atoms with van der Waals surface area (Å²) in [6, 6.07) is 9.76. The van der Waals surface area contributed by atoms with Crippen molar-refractivity contribution in [2.45, 2.75) is 39.8 Å². The van der Waals surface area contributed by atoms with E-state index in [4.69, 9.17) is 4.74 Å². The van der Waals surface area contributed by atoms with Crippen molar-refractivity contribution in [3.8, 4) is 5.75 Å². The van der Waals surface area contributed by atoms with Crippen molar-refractivity contribution in [2.75, 3.05) is 26.2 Å². The van der Waals surface area contributed by atoms with Crippen molar-refractivity contribution >= 4 is 17.4 Å². The molecule has 3 rings (SSSR count). The number of aliphatic hydroxyl groups excluding tert-OH is 1. The summed E-state index contributed by atoms with van der Waals surface area (Å²) in [4.78, 5) is 33.9. The molecule has 1 atom stereocenters. The molecule has 7 nitrogen and oxygen atoms in total. The minimum Gasteiger partial charge on any atom is -0.507 e.